The zero-order valence-corrected chi connectivity index (χ0v) is 12.9. The Morgan fingerprint density at radius 1 is 1.55 bits per heavy atom. The van der Waals surface area contributed by atoms with Crippen molar-refractivity contribution in [1.82, 2.24) is 10.2 Å². The van der Waals surface area contributed by atoms with Gasteiger partial charge in [-0.1, -0.05) is 13.0 Å². The number of benzene rings is 1. The largest absolute Gasteiger partial charge is 0.396 e. The third-order valence-electron chi connectivity index (χ3n) is 3.72. The molecule has 0 spiro atoms. The molecule has 2 N–H and O–H groups in total. The molecule has 20 heavy (non-hydrogen) atoms. The Hall–Kier alpha value is -1.14. The van der Waals surface area contributed by atoms with Crippen LogP contribution in [0.4, 0.5) is 9.18 Å². The Kier molecular flexibility index (Phi) is 4.99. The highest BCUT2D eigenvalue weighted by Gasteiger charge is 2.31. The van der Waals surface area contributed by atoms with Crippen LogP contribution in [-0.2, 0) is 6.54 Å². The molecule has 2 atom stereocenters. The third-order valence-corrected chi connectivity index (χ3v) is 4.36. The molecule has 1 aliphatic rings. The van der Waals surface area contributed by atoms with Gasteiger partial charge >= 0.3 is 6.03 Å². The lowest BCUT2D eigenvalue weighted by Crippen LogP contribution is -2.38. The van der Waals surface area contributed by atoms with Crippen LogP contribution < -0.4 is 5.32 Å². The number of amides is 2. The van der Waals surface area contributed by atoms with Gasteiger partial charge in [0, 0.05) is 32.2 Å². The fourth-order valence-electron chi connectivity index (χ4n) is 2.38. The minimum Gasteiger partial charge on any atom is -0.396 e. The van der Waals surface area contributed by atoms with Crippen LogP contribution in [0, 0.1) is 17.7 Å². The summed E-state index contributed by atoms with van der Waals surface area (Å²) in [6, 6.07) is 4.61. The van der Waals surface area contributed by atoms with Crippen LogP contribution in [-0.4, -0.2) is 35.7 Å². The zero-order chi connectivity index (χ0) is 14.7. The molecular formula is C14H18BrFN2O2. The maximum atomic E-state index is 13.4. The maximum Gasteiger partial charge on any atom is 0.317 e. The summed E-state index contributed by atoms with van der Waals surface area (Å²) in [7, 11) is 0. The highest BCUT2D eigenvalue weighted by Crippen LogP contribution is 2.22. The van der Waals surface area contributed by atoms with Crippen molar-refractivity contribution in [3.63, 3.8) is 0 Å². The van der Waals surface area contributed by atoms with Gasteiger partial charge in [0.15, 0.2) is 0 Å². The minimum absolute atomic E-state index is 0.100. The standard InChI is InChI=1S/C14H18BrFN2O2/c1-9-6-18(7-11(9)8-19)14(20)17-5-10-2-3-12(15)13(16)4-10/h2-4,9,11,19H,5-8H2,1H3,(H,17,20)/t9-,11+/m1/s1. The van der Waals surface area contributed by atoms with Crippen LogP contribution in [0.3, 0.4) is 0 Å². The Bertz CT molecular complexity index is 498. The Morgan fingerprint density at radius 3 is 2.90 bits per heavy atom. The number of rotatable bonds is 3. The van der Waals surface area contributed by atoms with E-state index in [0.29, 0.717) is 29.0 Å². The number of hydrogen-bond acceptors (Lipinski definition) is 2. The van der Waals surface area contributed by atoms with E-state index in [4.69, 9.17) is 0 Å². The first kappa shape index (κ1) is 15.3. The average molecular weight is 345 g/mol. The van der Waals surface area contributed by atoms with Crippen molar-refractivity contribution < 1.29 is 14.3 Å². The monoisotopic (exact) mass is 344 g/mol. The molecule has 0 radical (unpaired) electrons. The predicted molar refractivity (Wildman–Crippen MR) is 77.6 cm³/mol. The van der Waals surface area contributed by atoms with E-state index in [-0.39, 0.29) is 30.9 Å². The summed E-state index contributed by atoms with van der Waals surface area (Å²) in [4.78, 5) is 13.7. The summed E-state index contributed by atoms with van der Waals surface area (Å²) in [5.74, 6) is 0.105. The van der Waals surface area contributed by atoms with Gasteiger partial charge in [0.1, 0.15) is 5.82 Å². The van der Waals surface area contributed by atoms with Crippen LogP contribution in [0.15, 0.2) is 22.7 Å². The summed E-state index contributed by atoms with van der Waals surface area (Å²) < 4.78 is 13.8. The van der Waals surface area contributed by atoms with Gasteiger partial charge in [-0.3, -0.25) is 0 Å². The second kappa shape index (κ2) is 6.54. The summed E-state index contributed by atoms with van der Waals surface area (Å²) in [6.07, 6.45) is 0. The van der Waals surface area contributed by atoms with E-state index in [9.17, 15) is 14.3 Å². The molecule has 2 rings (SSSR count). The van der Waals surface area contributed by atoms with E-state index in [2.05, 4.69) is 21.2 Å². The van der Waals surface area contributed by atoms with Crippen molar-refractivity contribution in [2.45, 2.75) is 13.5 Å². The van der Waals surface area contributed by atoms with Crippen molar-refractivity contribution >= 4 is 22.0 Å². The van der Waals surface area contributed by atoms with E-state index in [1.54, 1.807) is 17.0 Å². The Labute approximate surface area is 126 Å². The van der Waals surface area contributed by atoms with Gasteiger partial charge in [-0.25, -0.2) is 9.18 Å². The number of urea groups is 1. The molecule has 0 saturated carbocycles. The summed E-state index contributed by atoms with van der Waals surface area (Å²) in [5, 5.41) is 12.0. The van der Waals surface area contributed by atoms with Crippen LogP contribution in [0.5, 0.6) is 0 Å². The molecule has 0 bridgehead atoms. The number of carbonyl (C=O) groups is 1. The van der Waals surface area contributed by atoms with E-state index in [0.717, 1.165) is 0 Å². The molecule has 0 aromatic heterocycles. The molecule has 1 saturated heterocycles. The summed E-state index contributed by atoms with van der Waals surface area (Å²) in [6.45, 7) is 3.63. The number of aliphatic hydroxyl groups is 1. The highest BCUT2D eigenvalue weighted by atomic mass is 79.9. The fourth-order valence-corrected chi connectivity index (χ4v) is 2.62. The molecule has 1 aromatic carbocycles. The van der Waals surface area contributed by atoms with Crippen LogP contribution in [0.2, 0.25) is 0 Å². The van der Waals surface area contributed by atoms with Crippen molar-refractivity contribution in [2.75, 3.05) is 19.7 Å². The second-order valence-electron chi connectivity index (χ2n) is 5.23. The Morgan fingerprint density at radius 2 is 2.30 bits per heavy atom. The Balaban J connectivity index is 1.88. The van der Waals surface area contributed by atoms with Crippen LogP contribution in [0.1, 0.15) is 12.5 Å². The highest BCUT2D eigenvalue weighted by molar-refractivity contribution is 9.10. The lowest BCUT2D eigenvalue weighted by Gasteiger charge is -2.17. The molecule has 1 aliphatic heterocycles. The number of nitrogens with zero attached hydrogens (tertiary/aromatic N) is 1. The molecule has 6 heteroatoms. The number of hydrogen-bond donors (Lipinski definition) is 2. The quantitative estimate of drug-likeness (QED) is 0.884. The smallest absolute Gasteiger partial charge is 0.317 e. The topological polar surface area (TPSA) is 52.6 Å². The molecule has 2 amide bonds. The molecule has 110 valence electrons. The van der Waals surface area contributed by atoms with Crippen molar-refractivity contribution in [3.05, 3.63) is 34.1 Å². The van der Waals surface area contributed by atoms with Gasteiger partial charge in [-0.15, -0.1) is 0 Å². The van der Waals surface area contributed by atoms with Gasteiger partial charge in [0.05, 0.1) is 4.47 Å². The van der Waals surface area contributed by atoms with Crippen molar-refractivity contribution in [1.29, 1.82) is 0 Å². The summed E-state index contributed by atoms with van der Waals surface area (Å²) in [5.41, 5.74) is 0.713. The first-order chi connectivity index (χ1) is 9.51. The average Bonchev–Trinajstić information content (AvgIpc) is 2.81. The van der Waals surface area contributed by atoms with Crippen molar-refractivity contribution in [3.8, 4) is 0 Å². The summed E-state index contributed by atoms with van der Waals surface area (Å²) >= 11 is 3.09. The van der Waals surface area contributed by atoms with Gasteiger partial charge in [0.2, 0.25) is 0 Å². The SMILES string of the molecule is C[C@@H]1CN(C(=O)NCc2ccc(Br)c(F)c2)C[C@H]1CO. The molecule has 1 fully saturated rings. The normalized spacial score (nSPS) is 22.1. The number of carbonyl (C=O) groups excluding carboxylic acids is 1. The van der Waals surface area contributed by atoms with E-state index in [1.807, 2.05) is 6.92 Å². The van der Waals surface area contributed by atoms with E-state index >= 15 is 0 Å². The van der Waals surface area contributed by atoms with Crippen LogP contribution in [0.25, 0.3) is 0 Å². The minimum atomic E-state index is -0.341. The molecule has 1 aromatic rings. The first-order valence-electron chi connectivity index (χ1n) is 6.58. The maximum absolute atomic E-state index is 13.4. The second-order valence-corrected chi connectivity index (χ2v) is 6.09. The van der Waals surface area contributed by atoms with Gasteiger partial charge < -0.3 is 15.3 Å². The van der Waals surface area contributed by atoms with Gasteiger partial charge in [-0.05, 0) is 39.5 Å². The first-order valence-corrected chi connectivity index (χ1v) is 7.38. The lowest BCUT2D eigenvalue weighted by atomic mass is 10.00. The number of likely N-dealkylation sites (tertiary alicyclic amines) is 1. The number of nitrogens with one attached hydrogen (secondary N) is 1. The van der Waals surface area contributed by atoms with E-state index < -0.39 is 0 Å². The van der Waals surface area contributed by atoms with Crippen LogP contribution >= 0.6 is 15.9 Å². The number of halogens is 2. The fraction of sp³-hybridized carbons (Fsp3) is 0.500. The zero-order valence-electron chi connectivity index (χ0n) is 11.3. The third kappa shape index (κ3) is 3.49. The van der Waals surface area contributed by atoms with Gasteiger partial charge in [-0.2, -0.15) is 0 Å². The predicted octanol–water partition coefficient (Wildman–Crippen LogP) is 2.36. The van der Waals surface area contributed by atoms with E-state index in [1.165, 1.54) is 6.07 Å². The lowest BCUT2D eigenvalue weighted by molar-refractivity contribution is 0.195. The van der Waals surface area contributed by atoms with Crippen molar-refractivity contribution in [2.24, 2.45) is 11.8 Å². The molecular weight excluding hydrogens is 327 g/mol. The van der Waals surface area contributed by atoms with Gasteiger partial charge in [0.25, 0.3) is 0 Å². The number of aliphatic hydroxyl groups excluding tert-OH is 1. The molecule has 4 nitrogen and oxygen atoms in total. The molecule has 0 aliphatic carbocycles. The molecule has 1 heterocycles. The molecule has 0 unspecified atom stereocenters.